The first-order valence-electron chi connectivity index (χ1n) is 5.70. The average molecular weight is 248 g/mol. The lowest BCUT2D eigenvalue weighted by molar-refractivity contribution is -0.134. The highest BCUT2D eigenvalue weighted by Gasteiger charge is 2.05. The van der Waals surface area contributed by atoms with Gasteiger partial charge >= 0.3 is 11.9 Å². The van der Waals surface area contributed by atoms with E-state index < -0.39 is 5.97 Å². The Balaban J connectivity index is 2.65. The van der Waals surface area contributed by atoms with Crippen LogP contribution >= 0.6 is 0 Å². The van der Waals surface area contributed by atoms with Gasteiger partial charge in [0.25, 0.3) is 0 Å². The Morgan fingerprint density at radius 1 is 1.22 bits per heavy atom. The normalized spacial score (nSPS) is 10.3. The molecule has 0 aliphatic rings. The Morgan fingerprint density at radius 3 is 2.44 bits per heavy atom. The molecular formula is C14H16O4. The molecule has 4 heteroatoms. The molecule has 0 atom stereocenters. The first-order valence-corrected chi connectivity index (χ1v) is 5.70. The third kappa shape index (κ3) is 4.41. The Morgan fingerprint density at radius 2 is 1.89 bits per heavy atom. The molecule has 0 spiro atoms. The van der Waals surface area contributed by atoms with Crippen molar-refractivity contribution in [3.05, 3.63) is 41.5 Å². The monoisotopic (exact) mass is 248 g/mol. The second-order valence-corrected chi connectivity index (χ2v) is 3.61. The van der Waals surface area contributed by atoms with Gasteiger partial charge in [0, 0.05) is 6.08 Å². The lowest BCUT2D eigenvalue weighted by atomic mass is 10.1. The fourth-order valence-corrected chi connectivity index (χ4v) is 1.24. The summed E-state index contributed by atoms with van der Waals surface area (Å²) in [7, 11) is 1.32. The molecule has 18 heavy (non-hydrogen) atoms. The van der Waals surface area contributed by atoms with Crippen LogP contribution in [0.15, 0.2) is 30.3 Å². The van der Waals surface area contributed by atoms with E-state index in [-0.39, 0.29) is 5.97 Å². The number of esters is 2. The molecule has 0 amide bonds. The summed E-state index contributed by atoms with van der Waals surface area (Å²) >= 11 is 0. The summed E-state index contributed by atoms with van der Waals surface area (Å²) in [5.74, 6) is -0.748. The SMILES string of the molecule is CCCOC(=O)c1ccc(/C=C\C(=O)OC)cc1. The smallest absolute Gasteiger partial charge is 0.338 e. The van der Waals surface area contributed by atoms with Crippen LogP contribution < -0.4 is 0 Å². The molecule has 0 aromatic heterocycles. The van der Waals surface area contributed by atoms with E-state index in [2.05, 4.69) is 4.74 Å². The molecule has 0 radical (unpaired) electrons. The Bertz CT molecular complexity index is 432. The minimum atomic E-state index is -0.415. The number of carbonyl (C=O) groups is 2. The third-order valence-corrected chi connectivity index (χ3v) is 2.20. The van der Waals surface area contributed by atoms with Crippen LogP contribution in [0.2, 0.25) is 0 Å². The maximum Gasteiger partial charge on any atom is 0.338 e. The minimum Gasteiger partial charge on any atom is -0.466 e. The highest BCUT2D eigenvalue weighted by molar-refractivity contribution is 5.90. The molecule has 0 aliphatic carbocycles. The van der Waals surface area contributed by atoms with Crippen LogP contribution in [-0.2, 0) is 14.3 Å². The van der Waals surface area contributed by atoms with Crippen molar-refractivity contribution in [2.75, 3.05) is 13.7 Å². The van der Waals surface area contributed by atoms with Gasteiger partial charge in [0.1, 0.15) is 0 Å². The molecule has 0 saturated heterocycles. The van der Waals surface area contributed by atoms with Crippen LogP contribution in [0.1, 0.15) is 29.3 Å². The van der Waals surface area contributed by atoms with Crippen LogP contribution in [-0.4, -0.2) is 25.7 Å². The molecular weight excluding hydrogens is 232 g/mol. The van der Waals surface area contributed by atoms with E-state index in [0.29, 0.717) is 12.2 Å². The van der Waals surface area contributed by atoms with E-state index in [4.69, 9.17) is 4.74 Å². The molecule has 1 aromatic carbocycles. The van der Waals surface area contributed by atoms with Crippen LogP contribution in [0.25, 0.3) is 6.08 Å². The topological polar surface area (TPSA) is 52.6 Å². The third-order valence-electron chi connectivity index (χ3n) is 2.20. The molecule has 0 saturated carbocycles. The fraction of sp³-hybridized carbons (Fsp3) is 0.286. The predicted molar refractivity (Wildman–Crippen MR) is 68.1 cm³/mol. The molecule has 0 bridgehead atoms. The number of benzene rings is 1. The summed E-state index contributed by atoms with van der Waals surface area (Å²) in [6.07, 6.45) is 3.74. The first-order chi connectivity index (χ1) is 8.67. The van der Waals surface area contributed by atoms with Gasteiger partial charge in [0.05, 0.1) is 19.3 Å². The van der Waals surface area contributed by atoms with Crippen LogP contribution in [0.5, 0.6) is 0 Å². The number of rotatable bonds is 5. The minimum absolute atomic E-state index is 0.333. The van der Waals surface area contributed by atoms with Gasteiger partial charge in [0.15, 0.2) is 0 Å². The summed E-state index contributed by atoms with van der Waals surface area (Å²) in [5, 5.41) is 0. The van der Waals surface area contributed by atoms with Crippen molar-refractivity contribution in [1.82, 2.24) is 0 Å². The quantitative estimate of drug-likeness (QED) is 0.593. The van der Waals surface area contributed by atoms with Crippen LogP contribution in [0, 0.1) is 0 Å². The number of ether oxygens (including phenoxy) is 2. The highest BCUT2D eigenvalue weighted by Crippen LogP contribution is 2.08. The van der Waals surface area contributed by atoms with Crippen LogP contribution in [0.4, 0.5) is 0 Å². The Kier molecular flexibility index (Phi) is 5.64. The van der Waals surface area contributed by atoms with Gasteiger partial charge in [-0.05, 0) is 30.2 Å². The zero-order valence-electron chi connectivity index (χ0n) is 10.5. The molecule has 96 valence electrons. The number of hydrogen-bond donors (Lipinski definition) is 0. The van der Waals surface area contributed by atoms with E-state index in [1.54, 1.807) is 30.3 Å². The second kappa shape index (κ2) is 7.27. The van der Waals surface area contributed by atoms with Gasteiger partial charge in [-0.2, -0.15) is 0 Å². The Hall–Kier alpha value is -2.10. The standard InChI is InChI=1S/C14H16O4/c1-3-10-18-14(16)12-7-4-11(5-8-12)6-9-13(15)17-2/h4-9H,3,10H2,1-2H3/b9-6-. The zero-order chi connectivity index (χ0) is 13.4. The molecule has 4 nitrogen and oxygen atoms in total. The van der Waals surface area contributed by atoms with Gasteiger partial charge in [-0.15, -0.1) is 0 Å². The number of methoxy groups -OCH3 is 1. The van der Waals surface area contributed by atoms with Crippen molar-refractivity contribution in [3.63, 3.8) is 0 Å². The van der Waals surface area contributed by atoms with Gasteiger partial charge < -0.3 is 9.47 Å². The van der Waals surface area contributed by atoms with E-state index in [1.807, 2.05) is 6.92 Å². The molecule has 0 heterocycles. The van der Waals surface area contributed by atoms with E-state index in [1.165, 1.54) is 13.2 Å². The molecule has 1 rings (SSSR count). The number of hydrogen-bond acceptors (Lipinski definition) is 4. The van der Waals surface area contributed by atoms with Gasteiger partial charge in [0.2, 0.25) is 0 Å². The summed E-state index contributed by atoms with van der Waals surface area (Å²) in [6, 6.07) is 6.80. The molecule has 0 aliphatic heterocycles. The van der Waals surface area contributed by atoms with Crippen LogP contribution in [0.3, 0.4) is 0 Å². The van der Waals surface area contributed by atoms with Crippen molar-refractivity contribution in [2.45, 2.75) is 13.3 Å². The molecule has 0 fully saturated rings. The van der Waals surface area contributed by atoms with Gasteiger partial charge in [-0.25, -0.2) is 9.59 Å². The van der Waals surface area contributed by atoms with Crippen molar-refractivity contribution in [1.29, 1.82) is 0 Å². The summed E-state index contributed by atoms with van der Waals surface area (Å²) in [4.78, 5) is 22.4. The largest absolute Gasteiger partial charge is 0.466 e. The highest BCUT2D eigenvalue weighted by atomic mass is 16.5. The maximum atomic E-state index is 11.5. The fourth-order valence-electron chi connectivity index (χ4n) is 1.24. The van der Waals surface area contributed by atoms with Crippen molar-refractivity contribution < 1.29 is 19.1 Å². The van der Waals surface area contributed by atoms with E-state index in [9.17, 15) is 9.59 Å². The van der Waals surface area contributed by atoms with E-state index in [0.717, 1.165) is 12.0 Å². The summed E-state index contributed by atoms with van der Waals surface area (Å²) in [5.41, 5.74) is 1.31. The number of carbonyl (C=O) groups excluding carboxylic acids is 2. The van der Waals surface area contributed by atoms with Gasteiger partial charge in [-0.1, -0.05) is 19.1 Å². The summed E-state index contributed by atoms with van der Waals surface area (Å²) < 4.78 is 9.48. The van der Waals surface area contributed by atoms with Crippen molar-refractivity contribution in [3.8, 4) is 0 Å². The lowest BCUT2D eigenvalue weighted by Gasteiger charge is -2.03. The first kappa shape index (κ1) is 14.0. The zero-order valence-corrected chi connectivity index (χ0v) is 10.5. The maximum absolute atomic E-state index is 11.5. The lowest BCUT2D eigenvalue weighted by Crippen LogP contribution is -2.05. The molecule has 1 aromatic rings. The summed E-state index contributed by atoms with van der Waals surface area (Å²) in [6.45, 7) is 2.36. The molecule has 0 N–H and O–H groups in total. The van der Waals surface area contributed by atoms with E-state index >= 15 is 0 Å². The average Bonchev–Trinajstić information content (AvgIpc) is 2.42. The molecule has 0 unspecified atom stereocenters. The van der Waals surface area contributed by atoms with Crippen molar-refractivity contribution in [2.24, 2.45) is 0 Å². The Labute approximate surface area is 106 Å². The van der Waals surface area contributed by atoms with Gasteiger partial charge in [-0.3, -0.25) is 0 Å². The predicted octanol–water partition coefficient (Wildman–Crippen LogP) is 2.44. The van der Waals surface area contributed by atoms with Crippen molar-refractivity contribution >= 4 is 18.0 Å². The second-order valence-electron chi connectivity index (χ2n) is 3.61.